The molecular weight excluding hydrogens is 338 g/mol. The summed E-state index contributed by atoms with van der Waals surface area (Å²) in [5.74, 6) is -0.109. The lowest BCUT2D eigenvalue weighted by Gasteiger charge is -2.29. The zero-order chi connectivity index (χ0) is 19.2. The van der Waals surface area contributed by atoms with Gasteiger partial charge in [-0.3, -0.25) is 20.0 Å². The van der Waals surface area contributed by atoms with Crippen LogP contribution in [0.4, 0.5) is 0 Å². The highest BCUT2D eigenvalue weighted by Gasteiger charge is 2.20. The monoisotopic (exact) mass is 363 g/mol. The molecule has 0 fully saturated rings. The fraction of sp³-hybridized carbons (Fsp3) is 0.273. The highest BCUT2D eigenvalue weighted by molar-refractivity contribution is 5.84. The Morgan fingerprint density at radius 1 is 1.15 bits per heavy atom. The van der Waals surface area contributed by atoms with E-state index in [2.05, 4.69) is 10.7 Å². The predicted octanol–water partition coefficient (Wildman–Crippen LogP) is 3.34. The number of hydrogen-bond acceptors (Lipinski definition) is 3. The van der Waals surface area contributed by atoms with E-state index in [-0.39, 0.29) is 24.3 Å². The van der Waals surface area contributed by atoms with Crippen molar-refractivity contribution in [1.82, 2.24) is 15.8 Å². The molecular formula is C22H25N3O2. The zero-order valence-corrected chi connectivity index (χ0v) is 15.7. The van der Waals surface area contributed by atoms with Crippen molar-refractivity contribution >= 4 is 17.5 Å². The van der Waals surface area contributed by atoms with Crippen molar-refractivity contribution < 1.29 is 9.59 Å². The van der Waals surface area contributed by atoms with Gasteiger partial charge in [0.15, 0.2) is 0 Å². The Labute approximate surface area is 160 Å². The Balaban J connectivity index is 1.54. The van der Waals surface area contributed by atoms with Crippen LogP contribution in [0.15, 0.2) is 60.7 Å². The van der Waals surface area contributed by atoms with E-state index in [1.54, 1.807) is 0 Å². The van der Waals surface area contributed by atoms with Crippen molar-refractivity contribution in [3.63, 3.8) is 0 Å². The molecule has 0 bridgehead atoms. The van der Waals surface area contributed by atoms with Crippen molar-refractivity contribution in [2.75, 3.05) is 6.54 Å². The molecule has 140 valence electrons. The number of nitrogens with one attached hydrogen (secondary N) is 2. The lowest BCUT2D eigenvalue weighted by atomic mass is 10.1. The topological polar surface area (TPSA) is 61.4 Å². The van der Waals surface area contributed by atoms with E-state index in [9.17, 15) is 9.59 Å². The molecule has 1 unspecified atom stereocenters. The zero-order valence-electron chi connectivity index (χ0n) is 15.7. The van der Waals surface area contributed by atoms with Crippen LogP contribution in [0.5, 0.6) is 0 Å². The minimum Gasteiger partial charge on any atom is -0.350 e. The maximum absolute atomic E-state index is 12.3. The Bertz CT molecular complexity index is 828. The van der Waals surface area contributed by atoms with Gasteiger partial charge in [0.2, 0.25) is 11.8 Å². The summed E-state index contributed by atoms with van der Waals surface area (Å²) >= 11 is 0. The van der Waals surface area contributed by atoms with Crippen LogP contribution in [-0.4, -0.2) is 23.4 Å². The number of amides is 2. The van der Waals surface area contributed by atoms with Crippen LogP contribution in [-0.2, 0) is 9.59 Å². The summed E-state index contributed by atoms with van der Waals surface area (Å²) < 4.78 is 0. The molecule has 0 saturated heterocycles. The molecule has 0 radical (unpaired) electrons. The van der Waals surface area contributed by atoms with Crippen molar-refractivity contribution in [3.05, 3.63) is 77.4 Å². The molecule has 0 aliphatic carbocycles. The normalized spacial score (nSPS) is 15.0. The number of hydrogen-bond donors (Lipinski definition) is 2. The Morgan fingerprint density at radius 2 is 1.85 bits per heavy atom. The number of benzene rings is 2. The highest BCUT2D eigenvalue weighted by Crippen LogP contribution is 2.18. The first-order valence-electron chi connectivity index (χ1n) is 9.21. The first kappa shape index (κ1) is 18.7. The Morgan fingerprint density at radius 3 is 2.56 bits per heavy atom. The minimum absolute atomic E-state index is 0.0326. The molecule has 0 spiro atoms. The Hall–Kier alpha value is -3.08. The number of hydrazine groups is 1. The minimum atomic E-state index is -0.0765. The smallest absolute Gasteiger partial charge is 0.244 e. The van der Waals surface area contributed by atoms with Crippen LogP contribution in [0.2, 0.25) is 0 Å². The molecule has 1 aliphatic rings. The van der Waals surface area contributed by atoms with E-state index in [1.165, 1.54) is 10.6 Å². The van der Waals surface area contributed by atoms with Gasteiger partial charge in [-0.05, 0) is 31.1 Å². The summed E-state index contributed by atoms with van der Waals surface area (Å²) in [5.41, 5.74) is 7.31. The third kappa shape index (κ3) is 4.97. The third-order valence-corrected chi connectivity index (χ3v) is 4.64. The molecule has 2 aromatic rings. The fourth-order valence-electron chi connectivity index (χ4n) is 3.00. The lowest BCUT2D eigenvalue weighted by Crippen LogP contribution is -2.46. The second-order valence-electron chi connectivity index (χ2n) is 6.80. The second kappa shape index (κ2) is 8.54. The molecule has 1 aliphatic heterocycles. The van der Waals surface area contributed by atoms with E-state index in [0.717, 1.165) is 16.8 Å². The van der Waals surface area contributed by atoms with Crippen molar-refractivity contribution in [3.8, 4) is 0 Å². The van der Waals surface area contributed by atoms with Gasteiger partial charge in [-0.15, -0.1) is 0 Å². The summed E-state index contributed by atoms with van der Waals surface area (Å²) in [7, 11) is 0. The average molecular weight is 363 g/mol. The number of carbonyl (C=O) groups excluding carboxylic acids is 2. The highest BCUT2D eigenvalue weighted by atomic mass is 16.2. The third-order valence-electron chi connectivity index (χ3n) is 4.64. The largest absolute Gasteiger partial charge is 0.350 e. The molecule has 1 heterocycles. The van der Waals surface area contributed by atoms with Gasteiger partial charge in [-0.25, -0.2) is 0 Å². The van der Waals surface area contributed by atoms with Crippen molar-refractivity contribution in [1.29, 1.82) is 0 Å². The molecule has 0 aromatic heterocycles. The number of rotatable bonds is 6. The summed E-state index contributed by atoms with van der Waals surface area (Å²) in [6.45, 7) is 4.32. The van der Waals surface area contributed by atoms with Gasteiger partial charge in [0, 0.05) is 12.8 Å². The molecule has 1 atom stereocenters. The van der Waals surface area contributed by atoms with Gasteiger partial charge in [0.25, 0.3) is 0 Å². The van der Waals surface area contributed by atoms with Crippen LogP contribution < -0.4 is 10.7 Å². The molecule has 5 nitrogen and oxygen atoms in total. The lowest BCUT2D eigenvalue weighted by molar-refractivity contribution is -0.133. The molecule has 2 aromatic carbocycles. The van der Waals surface area contributed by atoms with Crippen molar-refractivity contribution in [2.24, 2.45) is 0 Å². The van der Waals surface area contributed by atoms with E-state index in [1.807, 2.05) is 74.5 Å². The van der Waals surface area contributed by atoms with Gasteiger partial charge in [0.05, 0.1) is 18.3 Å². The van der Waals surface area contributed by atoms with Gasteiger partial charge in [0.1, 0.15) is 0 Å². The van der Waals surface area contributed by atoms with Gasteiger partial charge in [-0.1, -0.05) is 60.2 Å². The molecule has 3 rings (SSSR count). The molecule has 0 saturated carbocycles. The van der Waals surface area contributed by atoms with Gasteiger partial charge >= 0.3 is 0 Å². The molecule has 2 N–H and O–H groups in total. The van der Waals surface area contributed by atoms with E-state index in [4.69, 9.17) is 0 Å². The van der Waals surface area contributed by atoms with Crippen LogP contribution >= 0.6 is 0 Å². The molecule has 5 heteroatoms. The predicted molar refractivity (Wildman–Crippen MR) is 106 cm³/mol. The Kier molecular flexibility index (Phi) is 5.91. The second-order valence-corrected chi connectivity index (χ2v) is 6.80. The van der Waals surface area contributed by atoms with Crippen LogP contribution in [0, 0.1) is 6.92 Å². The summed E-state index contributed by atoms with van der Waals surface area (Å²) in [6, 6.07) is 17.9. The summed E-state index contributed by atoms with van der Waals surface area (Å²) in [6.07, 6.45) is 2.47. The standard InChI is InChI=1S/C22H25N3O2/c1-16-8-10-19(11-9-16)20-12-13-22(27)25(24-20)15-14-21(26)23-17(2)18-6-4-3-5-7-18/h3-12,17,24H,13-15H2,1-2H3,(H,23,26). The van der Waals surface area contributed by atoms with Gasteiger partial charge in [-0.2, -0.15) is 0 Å². The fourth-order valence-corrected chi connectivity index (χ4v) is 3.00. The maximum Gasteiger partial charge on any atom is 0.244 e. The van der Waals surface area contributed by atoms with E-state index in [0.29, 0.717) is 13.0 Å². The number of aryl methyl sites for hydroxylation is 1. The van der Waals surface area contributed by atoms with E-state index >= 15 is 0 Å². The summed E-state index contributed by atoms with van der Waals surface area (Å²) in [4.78, 5) is 24.4. The maximum atomic E-state index is 12.3. The van der Waals surface area contributed by atoms with Crippen LogP contribution in [0.3, 0.4) is 0 Å². The molecule has 27 heavy (non-hydrogen) atoms. The number of carbonyl (C=O) groups is 2. The average Bonchev–Trinajstić information content (AvgIpc) is 2.68. The first-order valence-corrected chi connectivity index (χ1v) is 9.21. The first-order chi connectivity index (χ1) is 13.0. The van der Waals surface area contributed by atoms with Gasteiger partial charge < -0.3 is 5.32 Å². The molecule has 2 amide bonds. The number of nitrogens with zero attached hydrogens (tertiary/aromatic N) is 1. The van der Waals surface area contributed by atoms with Crippen LogP contribution in [0.1, 0.15) is 42.5 Å². The SMILES string of the molecule is Cc1ccc(C2=CCC(=O)N(CCC(=O)NC(C)c3ccccc3)N2)cc1. The summed E-state index contributed by atoms with van der Waals surface area (Å²) in [5, 5.41) is 4.51. The van der Waals surface area contributed by atoms with E-state index < -0.39 is 0 Å². The van der Waals surface area contributed by atoms with Crippen LogP contribution in [0.25, 0.3) is 5.70 Å². The van der Waals surface area contributed by atoms with Crippen molar-refractivity contribution in [2.45, 2.75) is 32.7 Å². The quantitative estimate of drug-likeness (QED) is 0.827.